The maximum absolute atomic E-state index is 6.11. The summed E-state index contributed by atoms with van der Waals surface area (Å²) < 4.78 is 4.97. The van der Waals surface area contributed by atoms with Crippen molar-refractivity contribution < 1.29 is 0 Å². The molecule has 2 N–H and O–H groups in total. The summed E-state index contributed by atoms with van der Waals surface area (Å²) >= 11 is 3.45. The first-order valence-corrected chi connectivity index (χ1v) is 7.81. The molecule has 0 aliphatic heterocycles. The van der Waals surface area contributed by atoms with E-state index in [4.69, 9.17) is 5.73 Å². The van der Waals surface area contributed by atoms with Crippen molar-refractivity contribution in [3.8, 4) is 0 Å². The Hall–Kier alpha value is -1.82. The zero-order valence-corrected chi connectivity index (χ0v) is 13.8. The van der Waals surface area contributed by atoms with Gasteiger partial charge in [-0.2, -0.15) is 5.10 Å². The van der Waals surface area contributed by atoms with Crippen LogP contribution in [0.5, 0.6) is 0 Å². The molecule has 2 aromatic heterocycles. The molecule has 0 atom stereocenters. The van der Waals surface area contributed by atoms with Crippen molar-refractivity contribution in [1.82, 2.24) is 19.3 Å². The van der Waals surface area contributed by atoms with Crippen molar-refractivity contribution in [3.05, 3.63) is 40.0 Å². The van der Waals surface area contributed by atoms with Gasteiger partial charge in [0.25, 0.3) is 0 Å². The molecule has 0 saturated carbocycles. The molecule has 2 heterocycles. The van der Waals surface area contributed by atoms with Crippen molar-refractivity contribution in [1.29, 1.82) is 0 Å². The normalized spacial score (nSPS) is 11.4. The number of nitrogens with zero attached hydrogens (tertiary/aromatic N) is 4. The molecule has 0 saturated heterocycles. The lowest BCUT2D eigenvalue weighted by molar-refractivity contribution is 0.712. The van der Waals surface area contributed by atoms with Crippen LogP contribution >= 0.6 is 15.9 Å². The van der Waals surface area contributed by atoms with E-state index in [9.17, 15) is 0 Å². The number of rotatable bonds is 4. The highest BCUT2D eigenvalue weighted by atomic mass is 79.9. The van der Waals surface area contributed by atoms with Gasteiger partial charge < -0.3 is 5.73 Å². The van der Waals surface area contributed by atoms with Gasteiger partial charge in [-0.15, -0.1) is 0 Å². The van der Waals surface area contributed by atoms with E-state index in [1.54, 1.807) is 0 Å². The number of aryl methyl sites for hydroxylation is 2. The average Bonchev–Trinajstić information content (AvgIpc) is 2.92. The van der Waals surface area contributed by atoms with Gasteiger partial charge in [-0.05, 0) is 24.1 Å². The SMILES string of the molecule is CCCc1nn(C)c2c1nc(N)n2Cc1ccc(Br)cc1. The minimum atomic E-state index is 0.540. The van der Waals surface area contributed by atoms with E-state index in [2.05, 4.69) is 45.1 Å². The second-order valence-electron chi connectivity index (χ2n) is 5.18. The smallest absolute Gasteiger partial charge is 0.202 e. The van der Waals surface area contributed by atoms with E-state index in [0.717, 1.165) is 34.2 Å². The number of hydrogen-bond donors (Lipinski definition) is 1. The van der Waals surface area contributed by atoms with Crippen LogP contribution in [0, 0.1) is 0 Å². The van der Waals surface area contributed by atoms with Crippen molar-refractivity contribution >= 4 is 33.0 Å². The highest BCUT2D eigenvalue weighted by molar-refractivity contribution is 9.10. The molecule has 0 aliphatic carbocycles. The Morgan fingerprint density at radius 3 is 2.62 bits per heavy atom. The largest absolute Gasteiger partial charge is 0.369 e. The quantitative estimate of drug-likeness (QED) is 0.788. The van der Waals surface area contributed by atoms with Crippen molar-refractivity contribution in [2.75, 3.05) is 5.73 Å². The number of imidazole rings is 1. The van der Waals surface area contributed by atoms with Crippen LogP contribution in [0.3, 0.4) is 0 Å². The maximum atomic E-state index is 6.11. The van der Waals surface area contributed by atoms with Crippen molar-refractivity contribution in [2.45, 2.75) is 26.3 Å². The summed E-state index contributed by atoms with van der Waals surface area (Å²) in [6.45, 7) is 2.84. The highest BCUT2D eigenvalue weighted by Crippen LogP contribution is 2.23. The number of fused-ring (bicyclic) bond motifs is 1. The number of nitrogen functional groups attached to an aromatic ring is 1. The third kappa shape index (κ3) is 2.55. The van der Waals surface area contributed by atoms with Crippen molar-refractivity contribution in [3.63, 3.8) is 0 Å². The second-order valence-corrected chi connectivity index (χ2v) is 6.09. The predicted octanol–water partition coefficient (Wildman–Crippen LogP) is 3.12. The van der Waals surface area contributed by atoms with Crippen molar-refractivity contribution in [2.24, 2.45) is 7.05 Å². The van der Waals surface area contributed by atoms with Gasteiger partial charge in [-0.25, -0.2) is 4.98 Å². The number of hydrogen-bond acceptors (Lipinski definition) is 3. The Labute approximate surface area is 131 Å². The fourth-order valence-corrected chi connectivity index (χ4v) is 2.86. The van der Waals surface area contributed by atoms with E-state index in [-0.39, 0.29) is 0 Å². The molecule has 0 spiro atoms. The molecule has 0 radical (unpaired) electrons. The van der Waals surface area contributed by atoms with E-state index >= 15 is 0 Å². The van der Waals surface area contributed by atoms with Gasteiger partial charge in [0.05, 0.1) is 12.2 Å². The Kier molecular flexibility index (Phi) is 3.71. The first kappa shape index (κ1) is 14.1. The molecule has 6 heteroatoms. The predicted molar refractivity (Wildman–Crippen MR) is 88.2 cm³/mol. The molecule has 21 heavy (non-hydrogen) atoms. The van der Waals surface area contributed by atoms with Crippen LogP contribution < -0.4 is 5.73 Å². The first-order valence-electron chi connectivity index (χ1n) is 7.02. The van der Waals surface area contributed by atoms with Crippen LogP contribution in [0.4, 0.5) is 5.95 Å². The number of benzene rings is 1. The fourth-order valence-electron chi connectivity index (χ4n) is 2.59. The molecule has 0 aliphatic rings. The number of anilines is 1. The summed E-state index contributed by atoms with van der Waals surface area (Å²) in [6.07, 6.45) is 1.97. The summed E-state index contributed by atoms with van der Waals surface area (Å²) in [5, 5.41) is 4.57. The van der Waals surface area contributed by atoms with Gasteiger partial charge in [0, 0.05) is 11.5 Å². The summed E-state index contributed by atoms with van der Waals surface area (Å²) in [7, 11) is 1.95. The summed E-state index contributed by atoms with van der Waals surface area (Å²) in [6, 6.07) is 8.23. The molecular weight excluding hydrogens is 330 g/mol. The third-order valence-corrected chi connectivity index (χ3v) is 4.09. The Bertz CT molecular complexity index is 770. The highest BCUT2D eigenvalue weighted by Gasteiger charge is 2.17. The summed E-state index contributed by atoms with van der Waals surface area (Å²) in [5.41, 5.74) is 10.2. The van der Waals surface area contributed by atoms with Gasteiger partial charge >= 0.3 is 0 Å². The lowest BCUT2D eigenvalue weighted by atomic mass is 10.2. The molecule has 3 aromatic rings. The zero-order chi connectivity index (χ0) is 15.0. The van der Waals surface area contributed by atoms with Crippen LogP contribution in [0.25, 0.3) is 11.2 Å². The standard InChI is InChI=1S/C15H18BrN5/c1-3-4-12-13-14(20(2)19-12)21(15(17)18-13)9-10-5-7-11(16)8-6-10/h5-8H,3-4,9H2,1-2H3,(H2,17,18). The van der Waals surface area contributed by atoms with Gasteiger partial charge in [-0.3, -0.25) is 9.25 Å². The topological polar surface area (TPSA) is 61.7 Å². The third-order valence-electron chi connectivity index (χ3n) is 3.56. The zero-order valence-electron chi connectivity index (χ0n) is 12.2. The summed E-state index contributed by atoms with van der Waals surface area (Å²) in [4.78, 5) is 4.51. The number of aromatic nitrogens is 4. The molecular formula is C15H18BrN5. The molecule has 3 rings (SSSR count). The molecule has 0 amide bonds. The Morgan fingerprint density at radius 1 is 1.24 bits per heavy atom. The van der Waals surface area contributed by atoms with Gasteiger partial charge in [0.15, 0.2) is 5.65 Å². The molecule has 5 nitrogen and oxygen atoms in total. The van der Waals surface area contributed by atoms with Gasteiger partial charge in [-0.1, -0.05) is 41.4 Å². The first-order chi connectivity index (χ1) is 10.1. The fraction of sp³-hybridized carbons (Fsp3) is 0.333. The molecule has 0 fully saturated rings. The monoisotopic (exact) mass is 347 g/mol. The minimum absolute atomic E-state index is 0.540. The average molecular weight is 348 g/mol. The van der Waals surface area contributed by atoms with E-state index in [0.29, 0.717) is 12.5 Å². The second kappa shape index (κ2) is 5.52. The molecule has 0 unspecified atom stereocenters. The minimum Gasteiger partial charge on any atom is -0.369 e. The van der Waals surface area contributed by atoms with Crippen LogP contribution in [-0.4, -0.2) is 19.3 Å². The van der Waals surface area contributed by atoms with E-state index in [1.807, 2.05) is 28.4 Å². The maximum Gasteiger partial charge on any atom is 0.202 e. The Balaban J connectivity index is 2.05. The Morgan fingerprint density at radius 2 is 1.95 bits per heavy atom. The van der Waals surface area contributed by atoms with E-state index < -0.39 is 0 Å². The number of halogens is 1. The lowest BCUT2D eigenvalue weighted by Gasteiger charge is -2.07. The van der Waals surface area contributed by atoms with Crippen LogP contribution in [0.15, 0.2) is 28.7 Å². The molecule has 1 aromatic carbocycles. The van der Waals surface area contributed by atoms with Crippen LogP contribution in [-0.2, 0) is 20.0 Å². The summed E-state index contributed by atoms with van der Waals surface area (Å²) in [5.74, 6) is 0.540. The molecule has 0 bridgehead atoms. The van der Waals surface area contributed by atoms with Gasteiger partial charge in [0.1, 0.15) is 5.52 Å². The van der Waals surface area contributed by atoms with Crippen LogP contribution in [0.1, 0.15) is 24.6 Å². The van der Waals surface area contributed by atoms with E-state index in [1.165, 1.54) is 5.56 Å². The van der Waals surface area contributed by atoms with Crippen LogP contribution in [0.2, 0.25) is 0 Å². The lowest BCUT2D eigenvalue weighted by Crippen LogP contribution is -2.08. The number of nitrogens with two attached hydrogens (primary N) is 1. The van der Waals surface area contributed by atoms with Gasteiger partial charge in [0.2, 0.25) is 5.95 Å². The molecule has 110 valence electrons.